The van der Waals surface area contributed by atoms with Gasteiger partial charge in [0.1, 0.15) is 28.7 Å². The molecule has 2 aromatic rings. The van der Waals surface area contributed by atoms with E-state index in [1.54, 1.807) is 0 Å². The molecular weight excluding hydrogens is 448 g/mol. The van der Waals surface area contributed by atoms with E-state index in [0.717, 1.165) is 48.6 Å². The van der Waals surface area contributed by atoms with Crippen LogP contribution in [-0.2, 0) is 28.9 Å². The lowest BCUT2D eigenvalue weighted by atomic mass is 9.91. The molecule has 1 aliphatic carbocycles. The van der Waals surface area contributed by atoms with Crippen LogP contribution in [0.2, 0.25) is 0 Å². The number of ether oxygens (including phenoxy) is 2. The van der Waals surface area contributed by atoms with Crippen molar-refractivity contribution >= 4 is 22.8 Å². The van der Waals surface area contributed by atoms with Crippen molar-refractivity contribution in [2.45, 2.75) is 97.2 Å². The number of fused-ring (bicyclic) bond motifs is 5. The van der Waals surface area contributed by atoms with Gasteiger partial charge in [0.15, 0.2) is 6.61 Å². The Balaban J connectivity index is 1.64. The second-order valence-corrected chi connectivity index (χ2v) is 10.5. The third kappa shape index (κ3) is 5.31. The van der Waals surface area contributed by atoms with E-state index in [1.807, 2.05) is 40.7 Å². The second kappa shape index (κ2) is 9.91. The first-order valence-electron chi connectivity index (χ1n) is 12.7. The Kier molecular flexibility index (Phi) is 7.10. The van der Waals surface area contributed by atoms with E-state index in [2.05, 4.69) is 10.6 Å². The fourth-order valence-corrected chi connectivity index (χ4v) is 4.99. The zero-order valence-electron chi connectivity index (χ0n) is 21.3. The van der Waals surface area contributed by atoms with Gasteiger partial charge in [-0.1, -0.05) is 13.3 Å². The quantitative estimate of drug-likeness (QED) is 0.555. The van der Waals surface area contributed by atoms with Crippen LogP contribution in [0.4, 0.5) is 0 Å². The lowest BCUT2D eigenvalue weighted by molar-refractivity contribution is -0.130. The lowest BCUT2D eigenvalue weighted by Gasteiger charge is -2.33. The predicted octanol–water partition coefficient (Wildman–Crippen LogP) is 3.57. The molecule has 8 nitrogen and oxygen atoms in total. The van der Waals surface area contributed by atoms with Crippen LogP contribution in [0.25, 0.3) is 11.0 Å². The van der Waals surface area contributed by atoms with Gasteiger partial charge in [0.2, 0.25) is 5.91 Å². The summed E-state index contributed by atoms with van der Waals surface area (Å²) in [5.74, 6) is 0.491. The molecule has 2 N–H and O–H groups in total. The van der Waals surface area contributed by atoms with E-state index in [0.29, 0.717) is 35.5 Å². The molecule has 0 radical (unpaired) electrons. The summed E-state index contributed by atoms with van der Waals surface area (Å²) >= 11 is 0. The molecule has 1 aromatic carbocycles. The number of carbonyl (C=O) groups excluding carboxylic acids is 2. The van der Waals surface area contributed by atoms with Crippen LogP contribution in [0.15, 0.2) is 15.3 Å². The molecule has 1 unspecified atom stereocenters. The van der Waals surface area contributed by atoms with Gasteiger partial charge >= 0.3 is 5.63 Å². The molecule has 0 saturated carbocycles. The summed E-state index contributed by atoms with van der Waals surface area (Å²) < 4.78 is 18.1. The topological polar surface area (TPSA) is 107 Å². The van der Waals surface area contributed by atoms with Crippen molar-refractivity contribution in [2.24, 2.45) is 0 Å². The summed E-state index contributed by atoms with van der Waals surface area (Å²) in [6.45, 7) is 9.50. The molecule has 1 aromatic heterocycles. The molecule has 4 rings (SSSR count). The Labute approximate surface area is 205 Å². The lowest BCUT2D eigenvalue weighted by Crippen LogP contribution is -2.49. The minimum atomic E-state index is -0.620. The van der Waals surface area contributed by atoms with E-state index >= 15 is 0 Å². The fraction of sp³-hybridized carbons (Fsp3) is 0.593. The fourth-order valence-electron chi connectivity index (χ4n) is 4.99. The number of nitrogens with one attached hydrogen (secondary N) is 2. The maximum atomic E-state index is 12.8. The van der Waals surface area contributed by atoms with Crippen LogP contribution < -0.4 is 25.7 Å². The second-order valence-electron chi connectivity index (χ2n) is 10.5. The Hall–Kier alpha value is -3.03. The van der Waals surface area contributed by atoms with Gasteiger partial charge < -0.3 is 24.5 Å². The highest BCUT2D eigenvalue weighted by Crippen LogP contribution is 2.44. The average Bonchev–Trinajstić information content (AvgIpc) is 3.26. The minimum absolute atomic E-state index is 0.0159. The van der Waals surface area contributed by atoms with Crippen molar-refractivity contribution in [3.63, 3.8) is 0 Å². The van der Waals surface area contributed by atoms with Crippen molar-refractivity contribution in [1.29, 1.82) is 0 Å². The van der Waals surface area contributed by atoms with Gasteiger partial charge in [0.25, 0.3) is 5.91 Å². The van der Waals surface area contributed by atoms with Crippen LogP contribution in [0, 0.1) is 0 Å². The number of benzene rings is 1. The van der Waals surface area contributed by atoms with Gasteiger partial charge in [-0.15, -0.1) is 0 Å². The molecule has 2 aliphatic rings. The van der Waals surface area contributed by atoms with Crippen LogP contribution in [0.5, 0.6) is 11.5 Å². The van der Waals surface area contributed by atoms with Crippen LogP contribution in [0.3, 0.4) is 0 Å². The summed E-state index contributed by atoms with van der Waals surface area (Å²) in [6, 6.07) is 1.18. The zero-order valence-corrected chi connectivity index (χ0v) is 21.3. The maximum Gasteiger partial charge on any atom is 0.339 e. The van der Waals surface area contributed by atoms with Gasteiger partial charge in [0.05, 0.1) is 5.39 Å². The third-order valence-corrected chi connectivity index (χ3v) is 6.65. The van der Waals surface area contributed by atoms with Crippen LogP contribution in [-0.4, -0.2) is 36.1 Å². The molecule has 0 spiro atoms. The molecule has 0 bridgehead atoms. The van der Waals surface area contributed by atoms with Crippen LogP contribution in [0.1, 0.15) is 77.0 Å². The Morgan fingerprint density at radius 2 is 1.86 bits per heavy atom. The highest BCUT2D eigenvalue weighted by atomic mass is 16.5. The molecule has 0 fully saturated rings. The zero-order chi connectivity index (χ0) is 25.3. The van der Waals surface area contributed by atoms with Crippen molar-refractivity contribution in [3.05, 3.63) is 33.2 Å². The standard InChI is InChI=1S/C27H36N2O6/c1-6-8-19(25(31)28-15(2)3)29-22(30)14-33-21-13-20-18(11-12-27(4,5)35-20)24-23(21)16-9-7-10-17(16)26(32)34-24/h13,15,19H,6-12,14H2,1-5H3,(H,28,31)(H,29,30). The summed E-state index contributed by atoms with van der Waals surface area (Å²) in [5.41, 5.74) is 2.35. The Bertz CT molecular complexity index is 1200. The molecule has 190 valence electrons. The Morgan fingerprint density at radius 3 is 2.57 bits per heavy atom. The highest BCUT2D eigenvalue weighted by Gasteiger charge is 2.32. The normalized spacial score (nSPS) is 16.9. The molecule has 2 heterocycles. The molecule has 2 amide bonds. The van der Waals surface area contributed by atoms with Crippen molar-refractivity contribution in [3.8, 4) is 11.5 Å². The minimum Gasteiger partial charge on any atom is -0.487 e. The molecule has 1 atom stereocenters. The monoisotopic (exact) mass is 484 g/mol. The van der Waals surface area contributed by atoms with Crippen LogP contribution >= 0.6 is 0 Å². The summed E-state index contributed by atoms with van der Waals surface area (Å²) in [6.07, 6.45) is 5.14. The van der Waals surface area contributed by atoms with Crippen molar-refractivity contribution < 1.29 is 23.5 Å². The number of rotatable bonds is 8. The first-order valence-corrected chi connectivity index (χ1v) is 12.7. The van der Waals surface area contributed by atoms with Gasteiger partial charge in [0, 0.05) is 23.2 Å². The molecule has 35 heavy (non-hydrogen) atoms. The van der Waals surface area contributed by atoms with Crippen molar-refractivity contribution in [1.82, 2.24) is 10.6 Å². The molecule has 0 saturated heterocycles. The maximum absolute atomic E-state index is 12.8. The van der Waals surface area contributed by atoms with E-state index in [1.165, 1.54) is 0 Å². The average molecular weight is 485 g/mol. The summed E-state index contributed by atoms with van der Waals surface area (Å²) in [7, 11) is 0. The first-order chi connectivity index (χ1) is 16.6. The third-order valence-electron chi connectivity index (χ3n) is 6.65. The number of carbonyl (C=O) groups is 2. The molecule has 1 aliphatic heterocycles. The Morgan fingerprint density at radius 1 is 1.11 bits per heavy atom. The van der Waals surface area contributed by atoms with Gasteiger partial charge in [-0.2, -0.15) is 0 Å². The van der Waals surface area contributed by atoms with Gasteiger partial charge in [-0.05, 0) is 71.8 Å². The highest BCUT2D eigenvalue weighted by molar-refractivity contribution is 5.93. The number of hydrogen-bond donors (Lipinski definition) is 2. The number of amides is 2. The largest absolute Gasteiger partial charge is 0.487 e. The number of aryl methyl sites for hydroxylation is 2. The molecule has 8 heteroatoms. The summed E-state index contributed by atoms with van der Waals surface area (Å²) in [4.78, 5) is 38.0. The van der Waals surface area contributed by atoms with E-state index in [-0.39, 0.29) is 35.7 Å². The van der Waals surface area contributed by atoms with E-state index in [9.17, 15) is 14.4 Å². The molecular formula is C27H36N2O6. The van der Waals surface area contributed by atoms with Crippen molar-refractivity contribution in [2.75, 3.05) is 6.61 Å². The number of hydrogen-bond acceptors (Lipinski definition) is 6. The van der Waals surface area contributed by atoms with E-state index < -0.39 is 6.04 Å². The first kappa shape index (κ1) is 25.1. The van der Waals surface area contributed by atoms with E-state index in [4.69, 9.17) is 13.9 Å². The predicted molar refractivity (Wildman–Crippen MR) is 133 cm³/mol. The SMILES string of the molecule is CCCC(NC(=O)COc1cc2c(c3oc(=O)c4c(c13)CCC4)CCC(C)(C)O2)C(=O)NC(C)C. The van der Waals surface area contributed by atoms with Gasteiger partial charge in [-0.3, -0.25) is 9.59 Å². The van der Waals surface area contributed by atoms with Gasteiger partial charge in [-0.25, -0.2) is 4.79 Å². The smallest absolute Gasteiger partial charge is 0.339 e. The summed E-state index contributed by atoms with van der Waals surface area (Å²) in [5, 5.41) is 6.41.